The number of hydrogen-bond donors (Lipinski definition) is 1. The molecule has 1 aliphatic rings. The van der Waals surface area contributed by atoms with Gasteiger partial charge in [0.2, 0.25) is 0 Å². The summed E-state index contributed by atoms with van der Waals surface area (Å²) in [5.74, 6) is -0.858. The number of benzene rings is 1. The summed E-state index contributed by atoms with van der Waals surface area (Å²) in [5.41, 5.74) is 0.500. The van der Waals surface area contributed by atoms with Gasteiger partial charge < -0.3 is 5.11 Å². The van der Waals surface area contributed by atoms with Crippen LogP contribution in [0.25, 0.3) is 0 Å². The molecule has 1 N–H and O–H groups in total. The third kappa shape index (κ3) is 2.26. The molecule has 2 nitrogen and oxygen atoms in total. The Labute approximate surface area is 113 Å². The largest absolute Gasteiger partial charge is 0.481 e. The molecule has 0 amide bonds. The lowest BCUT2D eigenvalue weighted by Crippen LogP contribution is -2.42. The smallest absolute Gasteiger partial charge is 0.314 e. The van der Waals surface area contributed by atoms with Crippen molar-refractivity contribution in [1.29, 1.82) is 0 Å². The van der Waals surface area contributed by atoms with Crippen molar-refractivity contribution in [1.82, 2.24) is 0 Å². The van der Waals surface area contributed by atoms with Crippen LogP contribution in [0.1, 0.15) is 63.0 Å². The van der Waals surface area contributed by atoms with E-state index < -0.39 is 11.4 Å². The lowest BCUT2D eigenvalue weighted by Gasteiger charge is -2.38. The highest BCUT2D eigenvalue weighted by molar-refractivity contribution is 5.82. The number of carboxylic acid groups (broad SMARTS) is 1. The van der Waals surface area contributed by atoms with Crippen LogP contribution >= 0.6 is 0 Å². The van der Waals surface area contributed by atoms with Crippen LogP contribution in [-0.4, -0.2) is 11.1 Å². The maximum absolute atomic E-state index is 14.2. The van der Waals surface area contributed by atoms with Gasteiger partial charge in [-0.25, -0.2) is 4.39 Å². The molecule has 0 unspecified atom stereocenters. The molecule has 1 aromatic carbocycles. The second kappa shape index (κ2) is 5.32. The van der Waals surface area contributed by atoms with Crippen molar-refractivity contribution < 1.29 is 14.3 Å². The van der Waals surface area contributed by atoms with Crippen molar-refractivity contribution in [2.45, 2.75) is 57.3 Å². The first kappa shape index (κ1) is 14.0. The molecule has 19 heavy (non-hydrogen) atoms. The third-order valence-electron chi connectivity index (χ3n) is 4.59. The van der Waals surface area contributed by atoms with Crippen molar-refractivity contribution in [3.8, 4) is 0 Å². The van der Waals surface area contributed by atoms with Gasteiger partial charge in [0.25, 0.3) is 0 Å². The average Bonchev–Trinajstić information content (AvgIpc) is 2.31. The topological polar surface area (TPSA) is 37.3 Å². The lowest BCUT2D eigenvalue weighted by atomic mass is 9.64. The molecule has 1 aromatic rings. The third-order valence-corrected chi connectivity index (χ3v) is 4.59. The Balaban J connectivity index is 2.36. The van der Waals surface area contributed by atoms with Crippen molar-refractivity contribution in [2.75, 3.05) is 0 Å². The van der Waals surface area contributed by atoms with Gasteiger partial charge in [-0.3, -0.25) is 4.79 Å². The van der Waals surface area contributed by atoms with E-state index in [0.29, 0.717) is 24.0 Å². The second-order valence-corrected chi connectivity index (χ2v) is 5.49. The second-order valence-electron chi connectivity index (χ2n) is 5.49. The fraction of sp³-hybridized carbons (Fsp3) is 0.562. The molecule has 0 saturated heterocycles. The van der Waals surface area contributed by atoms with Crippen LogP contribution in [0.4, 0.5) is 4.39 Å². The summed E-state index contributed by atoms with van der Waals surface area (Å²) in [7, 11) is 0. The van der Waals surface area contributed by atoms with Gasteiger partial charge in [-0.15, -0.1) is 0 Å². The van der Waals surface area contributed by atoms with Gasteiger partial charge in [0.15, 0.2) is 0 Å². The molecule has 104 valence electrons. The van der Waals surface area contributed by atoms with Crippen molar-refractivity contribution in [3.63, 3.8) is 0 Å². The molecule has 0 aromatic heterocycles. The zero-order chi connectivity index (χ0) is 14.0. The van der Waals surface area contributed by atoms with Crippen molar-refractivity contribution in [3.05, 3.63) is 35.1 Å². The van der Waals surface area contributed by atoms with E-state index in [1.165, 1.54) is 6.07 Å². The molecule has 1 aliphatic carbocycles. The zero-order valence-corrected chi connectivity index (χ0v) is 11.6. The van der Waals surface area contributed by atoms with E-state index in [4.69, 9.17) is 0 Å². The lowest BCUT2D eigenvalue weighted by molar-refractivity contribution is -0.147. The fourth-order valence-corrected chi connectivity index (χ4v) is 3.04. The molecule has 2 rings (SSSR count). The number of rotatable bonds is 5. The molecule has 0 aliphatic heterocycles. The summed E-state index contributed by atoms with van der Waals surface area (Å²) in [4.78, 5) is 11.4. The maximum Gasteiger partial charge on any atom is 0.314 e. The van der Waals surface area contributed by atoms with Gasteiger partial charge in [-0.05, 0) is 48.8 Å². The summed E-state index contributed by atoms with van der Waals surface area (Å²) in [6.07, 6.45) is 3.94. The van der Waals surface area contributed by atoms with Crippen molar-refractivity contribution >= 4 is 5.97 Å². The van der Waals surface area contributed by atoms with Crippen LogP contribution < -0.4 is 0 Å². The highest BCUT2D eigenvalue weighted by atomic mass is 19.1. The molecule has 1 fully saturated rings. The number of carboxylic acids is 1. The molecule has 0 heterocycles. The first-order valence-electron chi connectivity index (χ1n) is 7.08. The molecule has 3 heteroatoms. The molecular weight excluding hydrogens is 243 g/mol. The Hall–Kier alpha value is -1.38. The molecule has 0 spiro atoms. The SMILES string of the molecule is CCC(CC)c1ccc(C2(C(=O)O)CCC2)cc1F. The van der Waals surface area contributed by atoms with Crippen LogP contribution in [0.15, 0.2) is 18.2 Å². The molecule has 0 bridgehead atoms. The Morgan fingerprint density at radius 2 is 2.00 bits per heavy atom. The Morgan fingerprint density at radius 1 is 1.37 bits per heavy atom. The molecule has 0 atom stereocenters. The first-order valence-corrected chi connectivity index (χ1v) is 7.08. The van der Waals surface area contributed by atoms with E-state index >= 15 is 0 Å². The van der Waals surface area contributed by atoms with Crippen LogP contribution in [0, 0.1) is 5.82 Å². The van der Waals surface area contributed by atoms with Gasteiger partial charge in [-0.1, -0.05) is 32.4 Å². The Bertz CT molecular complexity index is 474. The predicted molar refractivity (Wildman–Crippen MR) is 72.9 cm³/mol. The van der Waals surface area contributed by atoms with Gasteiger partial charge in [0.1, 0.15) is 5.82 Å². The number of hydrogen-bond acceptors (Lipinski definition) is 1. The normalized spacial score (nSPS) is 17.3. The summed E-state index contributed by atoms with van der Waals surface area (Å²) in [6, 6.07) is 5.04. The molecule has 0 radical (unpaired) electrons. The minimum Gasteiger partial charge on any atom is -0.481 e. The maximum atomic E-state index is 14.2. The summed E-state index contributed by atoms with van der Waals surface area (Å²) >= 11 is 0. The fourth-order valence-electron chi connectivity index (χ4n) is 3.04. The predicted octanol–water partition coefficient (Wildman–Crippen LogP) is 4.24. The van der Waals surface area contributed by atoms with E-state index in [1.54, 1.807) is 6.07 Å². The number of carbonyl (C=O) groups is 1. The quantitative estimate of drug-likeness (QED) is 0.863. The van der Waals surface area contributed by atoms with Crippen LogP contribution in [0.2, 0.25) is 0 Å². The van der Waals surface area contributed by atoms with Gasteiger partial charge >= 0.3 is 5.97 Å². The average molecular weight is 264 g/mol. The standard InChI is InChI=1S/C16H21FO2/c1-3-11(4-2)13-7-6-12(10-14(13)17)16(15(18)19)8-5-9-16/h6-7,10-11H,3-5,8-9H2,1-2H3,(H,18,19). The van der Waals surface area contributed by atoms with E-state index in [2.05, 4.69) is 0 Å². The van der Waals surface area contributed by atoms with Crippen LogP contribution in [-0.2, 0) is 10.2 Å². The monoisotopic (exact) mass is 264 g/mol. The highest BCUT2D eigenvalue weighted by Gasteiger charge is 2.46. The Kier molecular flexibility index (Phi) is 3.93. The number of halogens is 1. The molecule has 1 saturated carbocycles. The van der Waals surface area contributed by atoms with E-state index in [1.807, 2.05) is 19.9 Å². The van der Waals surface area contributed by atoms with Crippen LogP contribution in [0.3, 0.4) is 0 Å². The summed E-state index contributed by atoms with van der Waals surface area (Å²) in [5, 5.41) is 9.38. The minimum absolute atomic E-state index is 0.219. The summed E-state index contributed by atoms with van der Waals surface area (Å²) < 4.78 is 14.2. The van der Waals surface area contributed by atoms with Gasteiger partial charge in [0.05, 0.1) is 5.41 Å². The Morgan fingerprint density at radius 3 is 2.37 bits per heavy atom. The van der Waals surface area contributed by atoms with Crippen LogP contribution in [0.5, 0.6) is 0 Å². The van der Waals surface area contributed by atoms with E-state index in [9.17, 15) is 14.3 Å². The van der Waals surface area contributed by atoms with Gasteiger partial charge in [-0.2, -0.15) is 0 Å². The van der Waals surface area contributed by atoms with Gasteiger partial charge in [0, 0.05) is 0 Å². The molecular formula is C16H21FO2. The summed E-state index contributed by atoms with van der Waals surface area (Å²) in [6.45, 7) is 4.10. The number of aliphatic carboxylic acids is 1. The van der Waals surface area contributed by atoms with E-state index in [-0.39, 0.29) is 11.7 Å². The first-order chi connectivity index (χ1) is 9.05. The highest BCUT2D eigenvalue weighted by Crippen LogP contribution is 2.44. The minimum atomic E-state index is -0.840. The zero-order valence-electron chi connectivity index (χ0n) is 11.6. The van der Waals surface area contributed by atoms with Crippen molar-refractivity contribution in [2.24, 2.45) is 0 Å². The van der Waals surface area contributed by atoms with E-state index in [0.717, 1.165) is 19.3 Å².